The monoisotopic (exact) mass is 312 g/mol. The molecular formula is C20H24O3. The summed E-state index contributed by atoms with van der Waals surface area (Å²) in [6, 6.07) is 8.36. The summed E-state index contributed by atoms with van der Waals surface area (Å²) >= 11 is 0. The topological polar surface area (TPSA) is 35.5 Å². The molecule has 0 amide bonds. The Labute approximate surface area is 138 Å². The molecule has 0 bridgehead atoms. The van der Waals surface area contributed by atoms with Crippen molar-refractivity contribution in [3.8, 4) is 0 Å². The number of aldehydes is 1. The van der Waals surface area contributed by atoms with Crippen molar-refractivity contribution < 1.29 is 14.3 Å². The molecule has 0 saturated carbocycles. The summed E-state index contributed by atoms with van der Waals surface area (Å²) in [6.07, 6.45) is 6.72. The van der Waals surface area contributed by atoms with Gasteiger partial charge in [0.15, 0.2) is 0 Å². The van der Waals surface area contributed by atoms with Crippen LogP contribution in [-0.4, -0.2) is 25.3 Å². The van der Waals surface area contributed by atoms with Crippen LogP contribution in [0, 0.1) is 5.41 Å². The van der Waals surface area contributed by atoms with Crippen molar-refractivity contribution in [1.82, 2.24) is 0 Å². The molecule has 1 aliphatic carbocycles. The highest BCUT2D eigenvalue weighted by Gasteiger charge is 2.52. The lowest BCUT2D eigenvalue weighted by molar-refractivity contribution is -0.222. The third-order valence-corrected chi connectivity index (χ3v) is 4.35. The summed E-state index contributed by atoms with van der Waals surface area (Å²) < 4.78 is 12.0. The normalized spacial score (nSPS) is 21.9. The lowest BCUT2D eigenvalue weighted by Crippen LogP contribution is -2.40. The molecule has 0 radical (unpaired) electrons. The van der Waals surface area contributed by atoms with Gasteiger partial charge in [0.2, 0.25) is 5.79 Å². The Morgan fingerprint density at radius 3 is 2.61 bits per heavy atom. The molecule has 1 aliphatic heterocycles. The first-order valence-corrected chi connectivity index (χ1v) is 8.17. The second-order valence-electron chi connectivity index (χ2n) is 7.23. The molecule has 1 spiro atoms. The Bertz CT molecular complexity index is 657. The van der Waals surface area contributed by atoms with Crippen LogP contribution in [0.2, 0.25) is 0 Å². The summed E-state index contributed by atoms with van der Waals surface area (Å²) in [5.41, 5.74) is 4.46. The average molecular weight is 312 g/mol. The molecule has 0 N–H and O–H groups in total. The molecule has 1 aromatic rings. The van der Waals surface area contributed by atoms with Crippen molar-refractivity contribution in [2.45, 2.75) is 39.4 Å². The number of allylic oxidation sites excluding steroid dienone is 2. The summed E-state index contributed by atoms with van der Waals surface area (Å²) in [6.45, 7) is 7.55. The molecule has 0 aromatic heterocycles. The van der Waals surface area contributed by atoms with Crippen LogP contribution in [0.4, 0.5) is 0 Å². The number of hydrogen-bond donors (Lipinski definition) is 0. The van der Waals surface area contributed by atoms with Crippen molar-refractivity contribution in [1.29, 1.82) is 0 Å². The van der Waals surface area contributed by atoms with Crippen LogP contribution in [0.25, 0.3) is 5.57 Å². The highest BCUT2D eigenvalue weighted by Crippen LogP contribution is 2.51. The first-order valence-electron chi connectivity index (χ1n) is 8.17. The maximum absolute atomic E-state index is 10.7. The number of carbonyl (C=O) groups excluding carboxylic acids is 1. The predicted molar refractivity (Wildman–Crippen MR) is 91.0 cm³/mol. The molecule has 1 heterocycles. The Morgan fingerprint density at radius 2 is 1.91 bits per heavy atom. The molecule has 1 aromatic carbocycles. The minimum Gasteiger partial charge on any atom is -0.342 e. The van der Waals surface area contributed by atoms with Crippen LogP contribution in [0.1, 0.15) is 38.3 Å². The molecule has 0 atom stereocenters. The van der Waals surface area contributed by atoms with E-state index in [-0.39, 0.29) is 5.41 Å². The van der Waals surface area contributed by atoms with Crippen molar-refractivity contribution in [3.63, 3.8) is 0 Å². The molecule has 2 aliphatic rings. The lowest BCUT2D eigenvalue weighted by Gasteiger charge is -2.36. The Balaban J connectivity index is 1.70. The molecular weight excluding hydrogens is 288 g/mol. The fourth-order valence-corrected chi connectivity index (χ4v) is 2.85. The first-order chi connectivity index (χ1) is 11.0. The summed E-state index contributed by atoms with van der Waals surface area (Å²) in [7, 11) is 0. The summed E-state index contributed by atoms with van der Waals surface area (Å²) in [5.74, 6) is -0.597. The average Bonchev–Trinajstić information content (AvgIpc) is 3.25. The fraction of sp³-hybridized carbons (Fsp3) is 0.450. The molecule has 122 valence electrons. The van der Waals surface area contributed by atoms with Gasteiger partial charge in [-0.1, -0.05) is 44.2 Å². The highest BCUT2D eigenvalue weighted by molar-refractivity contribution is 5.87. The van der Waals surface area contributed by atoms with Crippen LogP contribution in [0.15, 0.2) is 42.0 Å². The third kappa shape index (κ3) is 3.46. The maximum Gasteiger partial charge on any atom is 0.216 e. The van der Waals surface area contributed by atoms with Gasteiger partial charge in [-0.2, -0.15) is 0 Å². The molecule has 3 nitrogen and oxygen atoms in total. The number of carbonyl (C=O) groups is 1. The maximum atomic E-state index is 10.7. The van der Waals surface area contributed by atoms with Gasteiger partial charge in [0.1, 0.15) is 6.29 Å². The van der Waals surface area contributed by atoms with Gasteiger partial charge in [0, 0.05) is 11.0 Å². The molecule has 23 heavy (non-hydrogen) atoms. The smallest absolute Gasteiger partial charge is 0.216 e. The van der Waals surface area contributed by atoms with Crippen LogP contribution < -0.4 is 0 Å². The third-order valence-electron chi connectivity index (χ3n) is 4.35. The van der Waals surface area contributed by atoms with Crippen molar-refractivity contribution in [2.24, 2.45) is 5.41 Å². The van der Waals surface area contributed by atoms with Crippen LogP contribution >= 0.6 is 0 Å². The zero-order chi connectivity index (χ0) is 16.5. The summed E-state index contributed by atoms with van der Waals surface area (Å²) in [4.78, 5) is 10.7. The molecule has 1 saturated heterocycles. The van der Waals surface area contributed by atoms with Gasteiger partial charge in [0.25, 0.3) is 0 Å². The van der Waals surface area contributed by atoms with E-state index in [0.29, 0.717) is 13.2 Å². The van der Waals surface area contributed by atoms with Gasteiger partial charge in [-0.05, 0) is 42.5 Å². The number of aryl methyl sites for hydroxylation is 1. The fourth-order valence-electron chi connectivity index (χ4n) is 2.85. The van der Waals surface area contributed by atoms with Crippen LogP contribution in [-0.2, 0) is 20.7 Å². The number of benzene rings is 1. The largest absolute Gasteiger partial charge is 0.342 e. The minimum atomic E-state index is -0.597. The standard InChI is InChI=1S/C20H24O3/c1-15(12-21)7-6-9-16-8-4-5-10-17(16)18-11-20(18)22-13-19(2,3)14-23-20/h4-5,7-8,10-12H,6,9,13-14H2,1-3H3/b15-7+. The van der Waals surface area contributed by atoms with E-state index in [4.69, 9.17) is 9.47 Å². The van der Waals surface area contributed by atoms with E-state index in [2.05, 4.69) is 38.1 Å². The SMILES string of the molecule is C/C(C=O)=C\CCc1ccccc1C1=CC12OCC(C)(C)CO2. The zero-order valence-electron chi connectivity index (χ0n) is 14.1. The van der Waals surface area contributed by atoms with Crippen molar-refractivity contribution in [2.75, 3.05) is 13.2 Å². The van der Waals surface area contributed by atoms with Crippen LogP contribution in [0.3, 0.4) is 0 Å². The van der Waals surface area contributed by atoms with E-state index < -0.39 is 5.79 Å². The highest BCUT2D eigenvalue weighted by atomic mass is 16.7. The number of ether oxygens (including phenoxy) is 2. The van der Waals surface area contributed by atoms with Gasteiger partial charge in [-0.3, -0.25) is 4.79 Å². The second-order valence-corrected chi connectivity index (χ2v) is 7.23. The summed E-state index contributed by atoms with van der Waals surface area (Å²) in [5, 5.41) is 0. The van der Waals surface area contributed by atoms with E-state index in [1.54, 1.807) is 0 Å². The molecule has 1 fully saturated rings. The first kappa shape index (κ1) is 16.2. The Morgan fingerprint density at radius 1 is 1.22 bits per heavy atom. The molecule has 0 unspecified atom stereocenters. The predicted octanol–water partition coefficient (Wildman–Crippen LogP) is 3.93. The minimum absolute atomic E-state index is 0.0729. The molecule has 3 heteroatoms. The van der Waals surface area contributed by atoms with E-state index in [1.807, 2.05) is 19.1 Å². The quantitative estimate of drug-likeness (QED) is 0.610. The van der Waals surface area contributed by atoms with Crippen LogP contribution in [0.5, 0.6) is 0 Å². The van der Waals surface area contributed by atoms with E-state index in [1.165, 1.54) is 11.1 Å². The van der Waals surface area contributed by atoms with E-state index in [9.17, 15) is 4.79 Å². The Hall–Kier alpha value is -1.71. The lowest BCUT2D eigenvalue weighted by atomic mass is 9.94. The van der Waals surface area contributed by atoms with Gasteiger partial charge in [0.05, 0.1) is 13.2 Å². The van der Waals surface area contributed by atoms with E-state index >= 15 is 0 Å². The van der Waals surface area contributed by atoms with Crippen molar-refractivity contribution in [3.05, 3.63) is 53.1 Å². The van der Waals surface area contributed by atoms with Gasteiger partial charge in [-0.25, -0.2) is 0 Å². The van der Waals surface area contributed by atoms with E-state index in [0.717, 1.165) is 30.3 Å². The number of hydrogen-bond acceptors (Lipinski definition) is 3. The van der Waals surface area contributed by atoms with Gasteiger partial charge in [-0.15, -0.1) is 0 Å². The van der Waals surface area contributed by atoms with Gasteiger partial charge >= 0.3 is 0 Å². The molecule has 3 rings (SSSR count). The Kier molecular flexibility index (Phi) is 4.26. The second kappa shape index (κ2) is 6.06. The zero-order valence-corrected chi connectivity index (χ0v) is 14.1. The van der Waals surface area contributed by atoms with Gasteiger partial charge < -0.3 is 9.47 Å². The number of rotatable bonds is 5. The van der Waals surface area contributed by atoms with Crippen molar-refractivity contribution >= 4 is 11.9 Å².